The van der Waals surface area contributed by atoms with E-state index in [2.05, 4.69) is 58.7 Å². The Morgan fingerprint density at radius 3 is 3.05 bits per heavy atom. The number of aromatic nitrogens is 2. The van der Waals surface area contributed by atoms with Crippen molar-refractivity contribution in [1.82, 2.24) is 19.6 Å². The van der Waals surface area contributed by atoms with Crippen molar-refractivity contribution in [3.63, 3.8) is 0 Å². The highest BCUT2D eigenvalue weighted by Crippen LogP contribution is 2.16. The van der Waals surface area contributed by atoms with Crippen molar-refractivity contribution in [1.29, 1.82) is 0 Å². The van der Waals surface area contributed by atoms with Crippen LogP contribution in [-0.2, 0) is 6.54 Å². The topological polar surface area (TPSA) is 32.6 Å². The Hall–Kier alpha value is -1.39. The molecule has 0 spiro atoms. The van der Waals surface area contributed by atoms with Gasteiger partial charge >= 0.3 is 0 Å². The van der Waals surface area contributed by atoms with Crippen LogP contribution in [0.1, 0.15) is 25.1 Å². The van der Waals surface area contributed by atoms with Crippen molar-refractivity contribution < 1.29 is 0 Å². The maximum absolute atomic E-state index is 4.54. The number of piperazine rings is 1. The Balaban J connectivity index is 1.84. The summed E-state index contributed by atoms with van der Waals surface area (Å²) in [6, 6.07) is 4.20. The number of pyridine rings is 1. The van der Waals surface area contributed by atoms with Crippen LogP contribution < -0.4 is 5.32 Å². The molecule has 4 heteroatoms. The highest BCUT2D eigenvalue weighted by molar-refractivity contribution is 5.48. The molecular formula is C15H22N4. The number of nitrogens with one attached hydrogen (secondary N) is 1. The third-order valence-electron chi connectivity index (χ3n) is 3.84. The van der Waals surface area contributed by atoms with Crippen molar-refractivity contribution >= 4 is 5.65 Å². The Labute approximate surface area is 114 Å². The van der Waals surface area contributed by atoms with E-state index in [4.69, 9.17) is 0 Å². The number of aryl methyl sites for hydroxylation is 1. The van der Waals surface area contributed by atoms with Crippen LogP contribution in [0.15, 0.2) is 24.5 Å². The molecular weight excluding hydrogens is 236 g/mol. The van der Waals surface area contributed by atoms with Gasteiger partial charge in [-0.3, -0.25) is 4.90 Å². The zero-order valence-electron chi connectivity index (χ0n) is 12.0. The number of fused-ring (bicyclic) bond motifs is 1. The molecule has 19 heavy (non-hydrogen) atoms. The van der Waals surface area contributed by atoms with E-state index in [-0.39, 0.29) is 5.54 Å². The van der Waals surface area contributed by atoms with Crippen molar-refractivity contribution in [3.05, 3.63) is 35.8 Å². The fraction of sp³-hybridized carbons (Fsp3) is 0.533. The van der Waals surface area contributed by atoms with Crippen LogP contribution >= 0.6 is 0 Å². The molecule has 3 rings (SSSR count). The average Bonchev–Trinajstić information content (AvgIpc) is 2.73. The zero-order valence-corrected chi connectivity index (χ0v) is 12.0. The highest BCUT2D eigenvalue weighted by atomic mass is 15.2. The lowest BCUT2D eigenvalue weighted by atomic mass is 10.0. The number of hydrogen-bond acceptors (Lipinski definition) is 3. The SMILES string of the molecule is Cc1cccn2c(CN3CCNC(C)(C)C3)cnc12. The largest absolute Gasteiger partial charge is 0.309 e. The first-order valence-electron chi connectivity index (χ1n) is 6.94. The molecule has 1 N–H and O–H groups in total. The van der Waals surface area contributed by atoms with Gasteiger partial charge in [0.25, 0.3) is 0 Å². The minimum Gasteiger partial charge on any atom is -0.309 e. The van der Waals surface area contributed by atoms with Gasteiger partial charge in [0, 0.05) is 37.9 Å². The number of nitrogens with zero attached hydrogens (tertiary/aromatic N) is 3. The standard InChI is InChI=1S/C15H22N4/c1-12-5-4-7-19-13(9-16-14(12)19)10-18-8-6-17-15(2,3)11-18/h4-5,7,9,17H,6,8,10-11H2,1-3H3. The van der Waals surface area contributed by atoms with E-state index in [0.29, 0.717) is 0 Å². The Morgan fingerprint density at radius 1 is 1.42 bits per heavy atom. The molecule has 0 aliphatic carbocycles. The lowest BCUT2D eigenvalue weighted by Gasteiger charge is -2.39. The van der Waals surface area contributed by atoms with Gasteiger partial charge in [0.1, 0.15) is 5.65 Å². The fourth-order valence-corrected chi connectivity index (χ4v) is 2.93. The molecule has 0 amide bonds. The number of rotatable bonds is 2. The maximum Gasteiger partial charge on any atom is 0.139 e. The molecule has 2 aromatic heterocycles. The molecule has 1 aliphatic heterocycles. The van der Waals surface area contributed by atoms with Gasteiger partial charge in [0.15, 0.2) is 0 Å². The minimum absolute atomic E-state index is 0.203. The van der Waals surface area contributed by atoms with E-state index in [0.717, 1.165) is 31.8 Å². The zero-order chi connectivity index (χ0) is 13.5. The van der Waals surface area contributed by atoms with Crippen molar-refractivity contribution in [2.45, 2.75) is 32.9 Å². The van der Waals surface area contributed by atoms with Gasteiger partial charge in [-0.15, -0.1) is 0 Å². The lowest BCUT2D eigenvalue weighted by Crippen LogP contribution is -2.56. The molecule has 3 heterocycles. The fourth-order valence-electron chi connectivity index (χ4n) is 2.93. The summed E-state index contributed by atoms with van der Waals surface area (Å²) >= 11 is 0. The summed E-state index contributed by atoms with van der Waals surface area (Å²) in [6.45, 7) is 10.8. The van der Waals surface area contributed by atoms with Gasteiger partial charge in [-0.25, -0.2) is 4.98 Å². The Morgan fingerprint density at radius 2 is 2.26 bits per heavy atom. The summed E-state index contributed by atoms with van der Waals surface area (Å²) < 4.78 is 2.21. The van der Waals surface area contributed by atoms with E-state index in [1.807, 2.05) is 6.20 Å². The van der Waals surface area contributed by atoms with Gasteiger partial charge in [0.2, 0.25) is 0 Å². The average molecular weight is 258 g/mol. The van der Waals surface area contributed by atoms with Gasteiger partial charge in [-0.05, 0) is 32.4 Å². The van der Waals surface area contributed by atoms with E-state index >= 15 is 0 Å². The second kappa shape index (κ2) is 4.62. The molecule has 102 valence electrons. The monoisotopic (exact) mass is 258 g/mol. The second-order valence-corrected chi connectivity index (χ2v) is 6.16. The van der Waals surface area contributed by atoms with Crippen molar-refractivity contribution in [2.75, 3.05) is 19.6 Å². The van der Waals surface area contributed by atoms with Crippen LogP contribution in [0.3, 0.4) is 0 Å². The lowest BCUT2D eigenvalue weighted by molar-refractivity contribution is 0.146. The summed E-state index contributed by atoms with van der Waals surface area (Å²) in [5, 5.41) is 3.55. The summed E-state index contributed by atoms with van der Waals surface area (Å²) in [6.07, 6.45) is 4.12. The Kier molecular flexibility index (Phi) is 3.07. The molecule has 1 saturated heterocycles. The third kappa shape index (κ3) is 2.51. The van der Waals surface area contributed by atoms with E-state index < -0.39 is 0 Å². The maximum atomic E-state index is 4.54. The first-order chi connectivity index (χ1) is 9.05. The normalized spacial score (nSPS) is 19.9. The summed E-state index contributed by atoms with van der Waals surface area (Å²) in [5.41, 5.74) is 3.78. The first kappa shape index (κ1) is 12.6. The van der Waals surface area contributed by atoms with Crippen LogP contribution in [0, 0.1) is 6.92 Å². The molecule has 1 aliphatic rings. The molecule has 4 nitrogen and oxygen atoms in total. The number of hydrogen-bond donors (Lipinski definition) is 1. The summed E-state index contributed by atoms with van der Waals surface area (Å²) in [7, 11) is 0. The van der Waals surface area contributed by atoms with E-state index in [1.54, 1.807) is 0 Å². The molecule has 0 bridgehead atoms. The second-order valence-electron chi connectivity index (χ2n) is 6.16. The van der Waals surface area contributed by atoms with E-state index in [9.17, 15) is 0 Å². The third-order valence-corrected chi connectivity index (χ3v) is 3.84. The molecule has 0 aromatic carbocycles. The first-order valence-corrected chi connectivity index (χ1v) is 6.94. The van der Waals surface area contributed by atoms with Crippen molar-refractivity contribution in [3.8, 4) is 0 Å². The van der Waals surface area contributed by atoms with E-state index in [1.165, 1.54) is 11.3 Å². The number of imidazole rings is 1. The summed E-state index contributed by atoms with van der Waals surface area (Å²) in [5.74, 6) is 0. The minimum atomic E-state index is 0.203. The molecule has 0 saturated carbocycles. The predicted molar refractivity (Wildman–Crippen MR) is 77.3 cm³/mol. The molecule has 1 fully saturated rings. The van der Waals surface area contributed by atoms with Gasteiger partial charge < -0.3 is 9.72 Å². The van der Waals surface area contributed by atoms with Crippen LogP contribution in [-0.4, -0.2) is 39.5 Å². The highest BCUT2D eigenvalue weighted by Gasteiger charge is 2.26. The quantitative estimate of drug-likeness (QED) is 0.892. The predicted octanol–water partition coefficient (Wildman–Crippen LogP) is 1.83. The van der Waals surface area contributed by atoms with Crippen LogP contribution in [0.5, 0.6) is 0 Å². The Bertz CT molecular complexity index is 585. The molecule has 0 radical (unpaired) electrons. The van der Waals surface area contributed by atoms with Crippen LogP contribution in [0.25, 0.3) is 5.65 Å². The van der Waals surface area contributed by atoms with Crippen LogP contribution in [0.2, 0.25) is 0 Å². The smallest absolute Gasteiger partial charge is 0.139 e. The molecule has 2 aromatic rings. The van der Waals surface area contributed by atoms with Crippen molar-refractivity contribution in [2.24, 2.45) is 0 Å². The molecule has 0 unspecified atom stereocenters. The van der Waals surface area contributed by atoms with Gasteiger partial charge in [-0.1, -0.05) is 6.07 Å². The van der Waals surface area contributed by atoms with Gasteiger partial charge in [-0.2, -0.15) is 0 Å². The summed E-state index contributed by atoms with van der Waals surface area (Å²) in [4.78, 5) is 7.04. The van der Waals surface area contributed by atoms with Gasteiger partial charge in [0.05, 0.1) is 11.9 Å². The van der Waals surface area contributed by atoms with Crippen LogP contribution in [0.4, 0.5) is 0 Å². The molecule has 0 atom stereocenters.